The minimum Gasteiger partial charge on any atom is -0.268 e. The summed E-state index contributed by atoms with van der Waals surface area (Å²) in [5, 5.41) is 9.67. The smallest absolute Gasteiger partial charge is 0.268 e. The maximum atomic E-state index is 14.2. The fourth-order valence-corrected chi connectivity index (χ4v) is 8.41. The van der Waals surface area contributed by atoms with Crippen molar-refractivity contribution < 1.29 is 13.2 Å². The number of rotatable bonds is 0. The molecule has 0 N–H and O–H groups in total. The molecule has 0 aliphatic carbocycles. The summed E-state index contributed by atoms with van der Waals surface area (Å²) >= 11 is 0. The van der Waals surface area contributed by atoms with Crippen LogP contribution in [0.4, 0.5) is 13.2 Å². The number of benzene rings is 7. The van der Waals surface area contributed by atoms with Gasteiger partial charge in [-0.1, -0.05) is 30.3 Å². The summed E-state index contributed by atoms with van der Waals surface area (Å²) in [6.07, 6.45) is -4.56. The first-order valence-electron chi connectivity index (χ1n) is 15.5. The highest BCUT2D eigenvalue weighted by atomic mass is 19.4. The maximum absolute atomic E-state index is 14.2. The van der Waals surface area contributed by atoms with E-state index in [-0.39, 0.29) is 11.1 Å². The Balaban J connectivity index is 1.32. The Bertz CT molecular complexity index is 3380. The molecule has 0 fully saturated rings. The summed E-state index contributed by atoms with van der Waals surface area (Å²) in [7, 11) is 0. The van der Waals surface area contributed by atoms with Crippen molar-refractivity contribution in [3.63, 3.8) is 0 Å². The van der Waals surface area contributed by atoms with Gasteiger partial charge in [-0.25, -0.2) is 9.97 Å². The van der Waals surface area contributed by atoms with E-state index < -0.39 is 17.3 Å². The summed E-state index contributed by atoms with van der Waals surface area (Å²) in [6, 6.07) is 22.9. The Morgan fingerprint density at radius 3 is 1.58 bits per heavy atom. The summed E-state index contributed by atoms with van der Waals surface area (Å²) in [6.45, 7) is 4.02. The van der Waals surface area contributed by atoms with Crippen LogP contribution in [-0.4, -0.2) is 18.8 Å². The molecule has 48 heavy (non-hydrogen) atoms. The van der Waals surface area contributed by atoms with Gasteiger partial charge in [-0.05, 0) is 106 Å². The second kappa shape index (κ2) is 8.06. The van der Waals surface area contributed by atoms with Gasteiger partial charge in [0.1, 0.15) is 11.3 Å². The van der Waals surface area contributed by atoms with Crippen LogP contribution in [0.1, 0.15) is 16.7 Å². The molecule has 0 atom stereocenters. The highest BCUT2D eigenvalue weighted by Gasteiger charge is 2.31. The number of halogens is 3. The predicted octanol–water partition coefficient (Wildman–Crippen LogP) is 8.88. The van der Waals surface area contributed by atoms with Gasteiger partial charge in [-0.15, -0.1) is 0 Å². The van der Waals surface area contributed by atoms with E-state index >= 15 is 0 Å². The molecule has 0 saturated carbocycles. The zero-order chi connectivity index (χ0) is 32.5. The number of imidazole rings is 2. The third kappa shape index (κ3) is 2.88. The van der Waals surface area contributed by atoms with Gasteiger partial charge in [0.15, 0.2) is 0 Å². The lowest BCUT2D eigenvalue weighted by atomic mass is 9.86. The molecule has 11 rings (SSSR count). The quantitative estimate of drug-likeness (QED) is 0.124. The van der Waals surface area contributed by atoms with Crippen LogP contribution in [0, 0.1) is 13.8 Å². The SMILES string of the molecule is Cc1cc(C)c2nc3c4ccc5c6ccc7c(=O)n8c9cc(C(F)(F)F)ccc9nc8c8ccc(c9ccc(c(=O)n3c2c1)c4c95)c6c78. The maximum Gasteiger partial charge on any atom is 0.416 e. The molecule has 7 aromatic carbocycles. The molecule has 0 radical (unpaired) electrons. The number of aryl methyl sites for hydroxylation is 2. The molecule has 9 heteroatoms. The fourth-order valence-electron chi connectivity index (χ4n) is 8.41. The number of pyridine rings is 2. The number of hydrogen-bond acceptors (Lipinski definition) is 4. The Hall–Kier alpha value is -6.09. The van der Waals surface area contributed by atoms with Crippen molar-refractivity contribution in [2.45, 2.75) is 20.0 Å². The largest absolute Gasteiger partial charge is 0.416 e. The normalized spacial score (nSPS) is 13.3. The van der Waals surface area contributed by atoms with Crippen molar-refractivity contribution in [3.8, 4) is 0 Å². The summed E-state index contributed by atoms with van der Waals surface area (Å²) in [5.41, 5.74) is 3.65. The molecule has 4 aromatic heterocycles. The number of alkyl halides is 3. The van der Waals surface area contributed by atoms with Crippen molar-refractivity contribution in [3.05, 3.63) is 116 Å². The van der Waals surface area contributed by atoms with Gasteiger partial charge in [0.2, 0.25) is 0 Å². The topological polar surface area (TPSA) is 68.7 Å². The van der Waals surface area contributed by atoms with Crippen LogP contribution in [0.2, 0.25) is 0 Å². The van der Waals surface area contributed by atoms with Crippen LogP contribution < -0.4 is 11.1 Å². The van der Waals surface area contributed by atoms with Gasteiger partial charge in [-0.2, -0.15) is 13.2 Å². The van der Waals surface area contributed by atoms with Crippen LogP contribution in [0.15, 0.2) is 88.5 Å². The second-order valence-corrected chi connectivity index (χ2v) is 12.9. The van der Waals surface area contributed by atoms with Gasteiger partial charge < -0.3 is 0 Å². The number of nitrogens with zero attached hydrogens (tertiary/aromatic N) is 4. The molecule has 228 valence electrons. The predicted molar refractivity (Wildman–Crippen MR) is 185 cm³/mol. The summed E-state index contributed by atoms with van der Waals surface area (Å²) in [5.74, 6) is 0. The first-order chi connectivity index (χ1) is 23.1. The fraction of sp³-hybridized carbons (Fsp3) is 0.0769. The number of hydrogen-bond donors (Lipinski definition) is 0. The van der Waals surface area contributed by atoms with E-state index in [1.807, 2.05) is 56.3 Å². The molecule has 0 amide bonds. The molecule has 0 unspecified atom stereocenters. The average molecular weight is 633 g/mol. The zero-order valence-corrected chi connectivity index (χ0v) is 25.2. The minimum absolute atomic E-state index is 0.120. The van der Waals surface area contributed by atoms with Crippen LogP contribution in [0.5, 0.6) is 0 Å². The van der Waals surface area contributed by atoms with E-state index in [0.29, 0.717) is 33.0 Å². The van der Waals surface area contributed by atoms with Crippen LogP contribution >= 0.6 is 0 Å². The first-order valence-corrected chi connectivity index (χ1v) is 15.5. The lowest BCUT2D eigenvalue weighted by Crippen LogP contribution is -2.14. The molecule has 11 aromatic rings. The summed E-state index contributed by atoms with van der Waals surface area (Å²) in [4.78, 5) is 38.0. The summed E-state index contributed by atoms with van der Waals surface area (Å²) < 4.78 is 43.9. The highest BCUT2D eigenvalue weighted by molar-refractivity contribution is 6.40. The van der Waals surface area contributed by atoms with Crippen LogP contribution in [0.3, 0.4) is 0 Å². The van der Waals surface area contributed by atoms with E-state index in [9.17, 15) is 22.8 Å². The van der Waals surface area contributed by atoms with Crippen molar-refractivity contribution in [1.29, 1.82) is 0 Å². The molecule has 0 bridgehead atoms. The van der Waals surface area contributed by atoms with Crippen molar-refractivity contribution >= 4 is 98.0 Å². The minimum atomic E-state index is -4.56. The molecule has 0 aliphatic heterocycles. The molecular weight excluding hydrogens is 613 g/mol. The molecule has 4 heterocycles. The molecular formula is C39H19F3N4O2. The Labute approximate surface area is 265 Å². The highest BCUT2D eigenvalue weighted by Crippen LogP contribution is 2.46. The molecule has 0 spiro atoms. The molecule has 6 nitrogen and oxygen atoms in total. The van der Waals surface area contributed by atoms with Gasteiger partial charge in [0.05, 0.1) is 27.6 Å². The van der Waals surface area contributed by atoms with E-state index in [0.717, 1.165) is 82.8 Å². The zero-order valence-electron chi connectivity index (χ0n) is 25.2. The third-order valence-corrected chi connectivity index (χ3v) is 10.3. The lowest BCUT2D eigenvalue weighted by molar-refractivity contribution is -0.137. The van der Waals surface area contributed by atoms with Crippen molar-refractivity contribution in [2.75, 3.05) is 0 Å². The number of fused-ring (bicyclic) bond motifs is 10. The van der Waals surface area contributed by atoms with Crippen LogP contribution in [0.25, 0.3) is 98.0 Å². The molecule has 0 saturated heterocycles. The second-order valence-electron chi connectivity index (χ2n) is 12.9. The van der Waals surface area contributed by atoms with Crippen LogP contribution in [-0.2, 0) is 6.18 Å². The van der Waals surface area contributed by atoms with E-state index in [1.54, 1.807) is 10.5 Å². The van der Waals surface area contributed by atoms with Gasteiger partial charge in [-0.3, -0.25) is 18.4 Å². The van der Waals surface area contributed by atoms with E-state index in [4.69, 9.17) is 4.98 Å². The van der Waals surface area contributed by atoms with Crippen molar-refractivity contribution in [1.82, 2.24) is 18.8 Å². The first kappa shape index (κ1) is 26.0. The van der Waals surface area contributed by atoms with E-state index in [2.05, 4.69) is 17.1 Å². The number of aromatic nitrogens is 4. The Morgan fingerprint density at radius 2 is 1.02 bits per heavy atom. The van der Waals surface area contributed by atoms with E-state index in [1.165, 1.54) is 10.5 Å². The lowest BCUT2D eigenvalue weighted by Gasteiger charge is -2.18. The standard InChI is InChI=1S/C39H19F3N4O2/c1-16-13-17(2)34-29(14-16)46-36(44-34)24-9-5-20-21-6-10-25-32-23(8-4-19(30(21)32)22-7-11-26(38(46)48)33(24)31(20)22)35-43-27-12-3-18(39(40,41)42)15-28(27)45(35)37(25)47/h3-15H,1-2H3. The third-order valence-electron chi connectivity index (χ3n) is 10.3. The van der Waals surface area contributed by atoms with Gasteiger partial charge in [0, 0.05) is 32.3 Å². The monoisotopic (exact) mass is 632 g/mol. The average Bonchev–Trinajstić information content (AvgIpc) is 3.64. The van der Waals surface area contributed by atoms with Crippen molar-refractivity contribution in [2.24, 2.45) is 0 Å². The van der Waals surface area contributed by atoms with Gasteiger partial charge >= 0.3 is 6.18 Å². The van der Waals surface area contributed by atoms with Gasteiger partial charge in [0.25, 0.3) is 11.1 Å². The Kier molecular flexibility index (Phi) is 4.37. The Morgan fingerprint density at radius 1 is 0.542 bits per heavy atom. The molecule has 0 aliphatic rings.